The van der Waals surface area contributed by atoms with Crippen LogP contribution in [0.25, 0.3) is 11.4 Å². The second-order valence-electron chi connectivity index (χ2n) is 6.52. The van der Waals surface area contributed by atoms with E-state index in [1.165, 1.54) is 4.57 Å². The summed E-state index contributed by atoms with van der Waals surface area (Å²) in [7, 11) is 0. The summed E-state index contributed by atoms with van der Waals surface area (Å²) in [6, 6.07) is 16.5. The van der Waals surface area contributed by atoms with Gasteiger partial charge in [-0.25, -0.2) is 4.98 Å². The molecule has 0 unspecified atom stereocenters. The maximum atomic E-state index is 13.1. The number of aromatic nitrogens is 2. The number of halogens is 1. The van der Waals surface area contributed by atoms with Gasteiger partial charge in [0.05, 0.1) is 0 Å². The number of amides is 1. The third-order valence-corrected chi connectivity index (χ3v) is 4.93. The fourth-order valence-electron chi connectivity index (χ4n) is 3.08. The largest absolute Gasteiger partial charge is 0.311 e. The third-order valence-electron chi connectivity index (χ3n) is 4.70. The van der Waals surface area contributed by atoms with Gasteiger partial charge in [0, 0.05) is 34.1 Å². The van der Waals surface area contributed by atoms with Gasteiger partial charge < -0.3 is 4.90 Å². The second kappa shape index (κ2) is 8.40. The molecule has 0 aliphatic carbocycles. The Labute approximate surface area is 169 Å². The molecule has 2 aromatic carbocycles. The minimum Gasteiger partial charge on any atom is -0.311 e. The van der Waals surface area contributed by atoms with Crippen LogP contribution in [0.1, 0.15) is 18.2 Å². The molecule has 0 bridgehead atoms. The van der Waals surface area contributed by atoms with E-state index in [-0.39, 0.29) is 18.0 Å². The number of hydrogen-bond acceptors (Lipinski definition) is 3. The maximum absolute atomic E-state index is 13.1. The molecule has 3 rings (SSSR count). The van der Waals surface area contributed by atoms with Crippen LogP contribution in [-0.2, 0) is 11.3 Å². The van der Waals surface area contributed by atoms with E-state index in [9.17, 15) is 9.59 Å². The number of carbonyl (C=O) groups excluding carboxylic acids is 1. The van der Waals surface area contributed by atoms with Crippen molar-refractivity contribution in [3.8, 4) is 11.4 Å². The van der Waals surface area contributed by atoms with E-state index in [1.54, 1.807) is 36.9 Å². The van der Waals surface area contributed by atoms with Crippen molar-refractivity contribution < 1.29 is 4.79 Å². The van der Waals surface area contributed by atoms with Gasteiger partial charge in [-0.1, -0.05) is 41.9 Å². The van der Waals surface area contributed by atoms with Crippen LogP contribution in [0.15, 0.2) is 59.4 Å². The van der Waals surface area contributed by atoms with Gasteiger partial charge in [-0.15, -0.1) is 0 Å². The van der Waals surface area contributed by atoms with E-state index < -0.39 is 0 Å². The molecule has 0 saturated carbocycles. The summed E-state index contributed by atoms with van der Waals surface area (Å²) >= 11 is 6.13. The molecular formula is C22H22ClN3O2. The minimum atomic E-state index is -0.222. The van der Waals surface area contributed by atoms with Crippen LogP contribution in [0.4, 0.5) is 5.69 Å². The molecule has 1 heterocycles. The number of benzene rings is 2. The van der Waals surface area contributed by atoms with Crippen LogP contribution >= 0.6 is 11.6 Å². The summed E-state index contributed by atoms with van der Waals surface area (Å²) < 4.78 is 1.43. The quantitative estimate of drug-likeness (QED) is 0.649. The van der Waals surface area contributed by atoms with Gasteiger partial charge in [-0.05, 0) is 45.0 Å². The second-order valence-corrected chi connectivity index (χ2v) is 6.96. The lowest BCUT2D eigenvalue weighted by Gasteiger charge is -2.23. The number of anilines is 1. The summed E-state index contributed by atoms with van der Waals surface area (Å²) in [6.45, 7) is 5.82. The van der Waals surface area contributed by atoms with Crippen LogP contribution in [0.3, 0.4) is 0 Å². The molecule has 5 nitrogen and oxygen atoms in total. The molecule has 0 atom stereocenters. The third kappa shape index (κ3) is 3.99. The molecule has 0 N–H and O–H groups in total. The highest BCUT2D eigenvalue weighted by atomic mass is 35.5. The number of para-hydroxylation sites is 1. The van der Waals surface area contributed by atoms with Gasteiger partial charge in [-0.3, -0.25) is 14.2 Å². The number of likely N-dealkylation sites (N-methyl/N-ethyl adjacent to an activating group) is 1. The van der Waals surface area contributed by atoms with Crippen molar-refractivity contribution in [1.82, 2.24) is 9.55 Å². The van der Waals surface area contributed by atoms with Gasteiger partial charge in [-0.2, -0.15) is 0 Å². The first-order chi connectivity index (χ1) is 13.4. The monoisotopic (exact) mass is 395 g/mol. The maximum Gasteiger partial charge on any atom is 0.257 e. The zero-order valence-corrected chi connectivity index (χ0v) is 16.9. The highest BCUT2D eigenvalue weighted by molar-refractivity contribution is 6.30. The topological polar surface area (TPSA) is 55.2 Å². The summed E-state index contributed by atoms with van der Waals surface area (Å²) in [4.78, 5) is 32.3. The average Bonchev–Trinajstić information content (AvgIpc) is 2.69. The lowest BCUT2D eigenvalue weighted by Crippen LogP contribution is -2.38. The van der Waals surface area contributed by atoms with Gasteiger partial charge >= 0.3 is 0 Å². The Bertz CT molecular complexity index is 1060. The predicted octanol–water partition coefficient (Wildman–Crippen LogP) is 4.23. The van der Waals surface area contributed by atoms with E-state index in [0.717, 1.165) is 5.69 Å². The Balaban J connectivity index is 2.07. The molecule has 0 aliphatic rings. The van der Waals surface area contributed by atoms with Gasteiger partial charge in [0.1, 0.15) is 12.4 Å². The molecule has 0 fully saturated rings. The van der Waals surface area contributed by atoms with Crippen LogP contribution in [0, 0.1) is 13.8 Å². The van der Waals surface area contributed by atoms with E-state index >= 15 is 0 Å². The SMILES string of the molecule is CCN(C(=O)Cn1c(-c2cccc(Cl)c2)nc(C)c(C)c1=O)c1ccccc1. The van der Waals surface area contributed by atoms with Crippen molar-refractivity contribution >= 4 is 23.2 Å². The lowest BCUT2D eigenvalue weighted by molar-refractivity contribution is -0.119. The highest BCUT2D eigenvalue weighted by Gasteiger charge is 2.20. The summed E-state index contributed by atoms with van der Waals surface area (Å²) in [5, 5.41) is 0.544. The predicted molar refractivity (Wildman–Crippen MR) is 113 cm³/mol. The number of rotatable bonds is 5. The zero-order chi connectivity index (χ0) is 20.3. The Morgan fingerprint density at radius 2 is 1.82 bits per heavy atom. The first kappa shape index (κ1) is 19.8. The van der Waals surface area contributed by atoms with Crippen molar-refractivity contribution in [1.29, 1.82) is 0 Å². The Morgan fingerprint density at radius 3 is 2.46 bits per heavy atom. The van der Waals surface area contributed by atoms with E-state index in [0.29, 0.717) is 34.2 Å². The molecule has 0 radical (unpaired) electrons. The van der Waals surface area contributed by atoms with Crippen molar-refractivity contribution in [2.24, 2.45) is 0 Å². The number of hydrogen-bond donors (Lipinski definition) is 0. The molecule has 3 aromatic rings. The molecule has 28 heavy (non-hydrogen) atoms. The van der Waals surface area contributed by atoms with Crippen molar-refractivity contribution in [3.05, 3.63) is 81.2 Å². The van der Waals surface area contributed by atoms with Gasteiger partial charge in [0.2, 0.25) is 5.91 Å². The molecule has 144 valence electrons. The molecule has 1 amide bonds. The molecule has 0 saturated heterocycles. The van der Waals surface area contributed by atoms with Gasteiger partial charge in [0.25, 0.3) is 5.56 Å². The Morgan fingerprint density at radius 1 is 1.11 bits per heavy atom. The smallest absolute Gasteiger partial charge is 0.257 e. The molecule has 0 aliphatic heterocycles. The summed E-state index contributed by atoms with van der Waals surface area (Å²) in [5.41, 5.74) is 2.44. The average molecular weight is 396 g/mol. The van der Waals surface area contributed by atoms with E-state index in [2.05, 4.69) is 4.98 Å². The first-order valence-electron chi connectivity index (χ1n) is 9.11. The fourth-order valence-corrected chi connectivity index (χ4v) is 3.27. The Kier molecular flexibility index (Phi) is 5.95. The lowest BCUT2D eigenvalue weighted by atomic mass is 10.1. The van der Waals surface area contributed by atoms with Gasteiger partial charge in [0.15, 0.2) is 0 Å². The number of aryl methyl sites for hydroxylation is 1. The molecule has 6 heteroatoms. The van der Waals surface area contributed by atoms with Crippen LogP contribution in [0.2, 0.25) is 5.02 Å². The first-order valence-corrected chi connectivity index (χ1v) is 9.49. The minimum absolute atomic E-state index is 0.0997. The van der Waals surface area contributed by atoms with E-state index in [4.69, 9.17) is 11.6 Å². The Hall–Kier alpha value is -2.92. The number of nitrogens with zero attached hydrogens (tertiary/aromatic N) is 3. The van der Waals surface area contributed by atoms with Crippen molar-refractivity contribution in [2.75, 3.05) is 11.4 Å². The summed E-state index contributed by atoms with van der Waals surface area (Å²) in [6.07, 6.45) is 0. The van der Waals surface area contributed by atoms with E-state index in [1.807, 2.05) is 43.3 Å². The van der Waals surface area contributed by atoms with Crippen LogP contribution in [-0.4, -0.2) is 22.0 Å². The van der Waals surface area contributed by atoms with Crippen molar-refractivity contribution in [2.45, 2.75) is 27.3 Å². The molecular weight excluding hydrogens is 374 g/mol. The standard InChI is InChI=1S/C22H22ClN3O2/c1-4-25(19-11-6-5-7-12-19)20(27)14-26-21(17-9-8-10-18(23)13-17)24-16(3)15(2)22(26)28/h5-13H,4,14H2,1-3H3. The molecule has 1 aromatic heterocycles. The normalized spacial score (nSPS) is 10.7. The van der Waals surface area contributed by atoms with Crippen LogP contribution in [0.5, 0.6) is 0 Å². The number of carbonyl (C=O) groups is 1. The zero-order valence-electron chi connectivity index (χ0n) is 16.1. The highest BCUT2D eigenvalue weighted by Crippen LogP contribution is 2.22. The molecule has 0 spiro atoms. The van der Waals surface area contributed by atoms with Crippen LogP contribution < -0.4 is 10.5 Å². The summed E-state index contributed by atoms with van der Waals surface area (Å²) in [5.74, 6) is 0.261. The van der Waals surface area contributed by atoms with Crippen molar-refractivity contribution in [3.63, 3.8) is 0 Å². The fraction of sp³-hybridized carbons (Fsp3) is 0.227.